The van der Waals surface area contributed by atoms with E-state index in [9.17, 15) is 13.2 Å². The van der Waals surface area contributed by atoms with E-state index >= 15 is 0 Å². The summed E-state index contributed by atoms with van der Waals surface area (Å²) in [6, 6.07) is 4.70. The molecule has 0 aliphatic rings. The van der Waals surface area contributed by atoms with Crippen LogP contribution in [0.3, 0.4) is 0 Å². The summed E-state index contributed by atoms with van der Waals surface area (Å²) in [5.41, 5.74) is 2.60. The summed E-state index contributed by atoms with van der Waals surface area (Å²) in [6.45, 7) is 3.45. The summed E-state index contributed by atoms with van der Waals surface area (Å²) in [5.74, 6) is -0.479. The molecule has 1 aromatic heterocycles. The molecule has 8 heteroatoms. The molecule has 0 unspecified atom stereocenters. The van der Waals surface area contributed by atoms with Crippen LogP contribution in [0.4, 0.5) is 0 Å². The fraction of sp³-hybridized carbons (Fsp3) is 0.214. The maximum absolute atomic E-state index is 11.9. The highest BCUT2D eigenvalue weighted by molar-refractivity contribution is 7.89. The van der Waals surface area contributed by atoms with E-state index in [0.717, 1.165) is 16.9 Å². The fourth-order valence-corrected chi connectivity index (χ4v) is 4.02. The maximum Gasteiger partial charge on any atom is 0.348 e. The number of hydrogen-bond donors (Lipinski definition) is 1. The molecule has 0 fully saturated rings. The number of rotatable bonds is 3. The molecule has 0 aliphatic heterocycles. The zero-order valence-corrected chi connectivity index (χ0v) is 14.0. The van der Waals surface area contributed by atoms with Crippen molar-refractivity contribution in [2.45, 2.75) is 18.7 Å². The Balaban J connectivity index is 2.68. The first-order valence-electron chi connectivity index (χ1n) is 6.27. The molecule has 2 radical (unpaired) electrons. The van der Waals surface area contributed by atoms with E-state index in [0.29, 0.717) is 26.3 Å². The van der Waals surface area contributed by atoms with Crippen molar-refractivity contribution in [3.8, 4) is 11.1 Å². The summed E-state index contributed by atoms with van der Waals surface area (Å²) in [5, 5.41) is 5.16. The molecule has 2 aromatic rings. The second-order valence-electron chi connectivity index (χ2n) is 4.81. The van der Waals surface area contributed by atoms with Crippen LogP contribution in [0, 0.1) is 13.8 Å². The predicted octanol–water partition coefficient (Wildman–Crippen LogP) is 1.26. The first-order valence-corrected chi connectivity index (χ1v) is 8.64. The molecule has 0 bridgehead atoms. The first-order chi connectivity index (χ1) is 10.2. The Morgan fingerprint density at radius 1 is 1.32 bits per heavy atom. The van der Waals surface area contributed by atoms with Crippen molar-refractivity contribution in [3.63, 3.8) is 0 Å². The van der Waals surface area contributed by atoms with Gasteiger partial charge in [-0.25, -0.2) is 18.4 Å². The van der Waals surface area contributed by atoms with Gasteiger partial charge in [0, 0.05) is 5.56 Å². The fourth-order valence-electron chi connectivity index (χ4n) is 2.24. The average molecular weight is 335 g/mol. The van der Waals surface area contributed by atoms with Crippen LogP contribution in [-0.4, -0.2) is 29.3 Å². The minimum Gasteiger partial charge on any atom is -0.465 e. The molecular weight excluding hydrogens is 321 g/mol. The van der Waals surface area contributed by atoms with E-state index in [1.165, 1.54) is 13.2 Å². The topological polar surface area (TPSA) is 86.5 Å². The van der Waals surface area contributed by atoms with Gasteiger partial charge in [-0.05, 0) is 41.4 Å². The number of methoxy groups -OCH3 is 1. The van der Waals surface area contributed by atoms with Crippen molar-refractivity contribution < 1.29 is 17.9 Å². The van der Waals surface area contributed by atoms with E-state index in [2.05, 4.69) is 0 Å². The van der Waals surface area contributed by atoms with Crippen molar-refractivity contribution in [2.75, 3.05) is 7.11 Å². The number of carbonyl (C=O) groups excluding carboxylic acids is 1. The molecule has 1 heterocycles. The number of thiophene rings is 1. The van der Waals surface area contributed by atoms with Crippen LogP contribution in [0.5, 0.6) is 0 Å². The monoisotopic (exact) mass is 335 g/mol. The highest BCUT2D eigenvalue weighted by Crippen LogP contribution is 2.33. The third kappa shape index (κ3) is 2.94. The molecule has 114 valence electrons. The van der Waals surface area contributed by atoms with Gasteiger partial charge in [-0.3, -0.25) is 0 Å². The van der Waals surface area contributed by atoms with Gasteiger partial charge < -0.3 is 4.74 Å². The molecule has 22 heavy (non-hydrogen) atoms. The van der Waals surface area contributed by atoms with E-state index < -0.39 is 16.0 Å². The van der Waals surface area contributed by atoms with Gasteiger partial charge in [-0.1, -0.05) is 12.1 Å². The second-order valence-corrected chi connectivity index (χ2v) is 7.39. The normalized spacial score (nSPS) is 11.5. The molecule has 0 amide bonds. The lowest BCUT2D eigenvalue weighted by Gasteiger charge is -2.09. The number of hydrogen-bond acceptors (Lipinski definition) is 5. The quantitative estimate of drug-likeness (QED) is 0.676. The molecule has 0 atom stereocenters. The summed E-state index contributed by atoms with van der Waals surface area (Å²) in [4.78, 5) is 12.3. The highest BCUT2D eigenvalue weighted by Gasteiger charge is 2.21. The number of carbonyl (C=O) groups is 1. The number of ether oxygens (including phenoxy) is 1. The summed E-state index contributed by atoms with van der Waals surface area (Å²) in [6.07, 6.45) is 0. The molecule has 0 saturated carbocycles. The Hall–Kier alpha value is -1.64. The largest absolute Gasteiger partial charge is 0.465 e. The number of primary sulfonamides is 1. The summed E-state index contributed by atoms with van der Waals surface area (Å²) >= 11 is 1.14. The Labute approximate surface area is 134 Å². The first kappa shape index (κ1) is 16.7. The summed E-state index contributed by atoms with van der Waals surface area (Å²) in [7, 11) is 3.42. The number of nitrogens with two attached hydrogens (primary N) is 1. The molecule has 5 nitrogen and oxygen atoms in total. The standard InChI is InChI=1S/C14H14BNO4S2/c1-7-6-9(4-5-10(7)22(16,18)19)11-8(2)13(15)21-12(11)14(17)20-3/h4-6H,1-3H3,(H2,16,18,19). The third-order valence-electron chi connectivity index (χ3n) is 3.32. The van der Waals surface area contributed by atoms with Crippen LogP contribution >= 0.6 is 11.3 Å². The Kier molecular flexibility index (Phi) is 4.46. The van der Waals surface area contributed by atoms with Crippen molar-refractivity contribution in [2.24, 2.45) is 5.14 Å². The van der Waals surface area contributed by atoms with Crippen LogP contribution in [0.25, 0.3) is 11.1 Å². The lowest BCUT2D eigenvalue weighted by atomic mass is 9.94. The minimum atomic E-state index is -3.78. The SMILES string of the molecule is [B]c1sc(C(=O)OC)c(-c2ccc(S(N)(=O)=O)c(C)c2)c1C. The van der Waals surface area contributed by atoms with E-state index in [1.807, 2.05) is 0 Å². The van der Waals surface area contributed by atoms with Gasteiger partial charge in [0.05, 0.1) is 12.0 Å². The van der Waals surface area contributed by atoms with Gasteiger partial charge in [0.25, 0.3) is 0 Å². The summed E-state index contributed by atoms with van der Waals surface area (Å²) < 4.78 is 28.3. The number of benzene rings is 1. The predicted molar refractivity (Wildman–Crippen MR) is 87.3 cm³/mol. The molecular formula is C14H14BNO4S2. The van der Waals surface area contributed by atoms with Crippen molar-refractivity contribution in [3.05, 3.63) is 34.2 Å². The van der Waals surface area contributed by atoms with Crippen LogP contribution < -0.4 is 9.92 Å². The Morgan fingerprint density at radius 2 is 1.95 bits per heavy atom. The van der Waals surface area contributed by atoms with Crippen molar-refractivity contribution in [1.82, 2.24) is 0 Å². The lowest BCUT2D eigenvalue weighted by Crippen LogP contribution is -2.13. The Bertz CT molecular complexity index is 856. The second kappa shape index (κ2) is 5.87. The van der Waals surface area contributed by atoms with E-state index in [-0.39, 0.29) is 4.90 Å². The molecule has 2 rings (SSSR count). The van der Waals surface area contributed by atoms with E-state index in [1.54, 1.807) is 26.0 Å². The van der Waals surface area contributed by atoms with Gasteiger partial charge in [0.2, 0.25) is 10.0 Å². The maximum atomic E-state index is 11.9. The zero-order chi connectivity index (χ0) is 16.7. The average Bonchev–Trinajstić information content (AvgIpc) is 2.72. The van der Waals surface area contributed by atoms with E-state index in [4.69, 9.17) is 17.7 Å². The number of aryl methyl sites for hydroxylation is 1. The number of sulfonamides is 1. The highest BCUT2D eigenvalue weighted by atomic mass is 32.2. The molecule has 0 spiro atoms. The van der Waals surface area contributed by atoms with Crippen LogP contribution in [0.15, 0.2) is 23.1 Å². The van der Waals surface area contributed by atoms with Gasteiger partial charge >= 0.3 is 5.97 Å². The van der Waals surface area contributed by atoms with Crippen molar-refractivity contribution in [1.29, 1.82) is 0 Å². The van der Waals surface area contributed by atoms with Crippen LogP contribution in [-0.2, 0) is 14.8 Å². The Morgan fingerprint density at radius 3 is 2.45 bits per heavy atom. The molecule has 1 aromatic carbocycles. The smallest absolute Gasteiger partial charge is 0.348 e. The zero-order valence-electron chi connectivity index (χ0n) is 12.3. The third-order valence-corrected chi connectivity index (χ3v) is 5.50. The molecule has 2 N–H and O–H groups in total. The van der Waals surface area contributed by atoms with Crippen LogP contribution in [0.1, 0.15) is 20.8 Å². The van der Waals surface area contributed by atoms with Crippen molar-refractivity contribution >= 4 is 40.0 Å². The van der Waals surface area contributed by atoms with Gasteiger partial charge in [0.15, 0.2) is 0 Å². The van der Waals surface area contributed by atoms with Gasteiger partial charge in [-0.2, -0.15) is 0 Å². The number of esters is 1. The van der Waals surface area contributed by atoms with Crippen LogP contribution in [0.2, 0.25) is 0 Å². The molecule has 0 saturated heterocycles. The molecule has 0 aliphatic carbocycles. The minimum absolute atomic E-state index is 0.0525. The lowest BCUT2D eigenvalue weighted by molar-refractivity contribution is 0.0607. The van der Waals surface area contributed by atoms with Gasteiger partial charge in [-0.15, -0.1) is 11.3 Å². The van der Waals surface area contributed by atoms with Gasteiger partial charge in [0.1, 0.15) is 12.7 Å².